The summed E-state index contributed by atoms with van der Waals surface area (Å²) < 4.78 is 18.2. The molecule has 0 aliphatic rings. The summed E-state index contributed by atoms with van der Waals surface area (Å²) in [6.45, 7) is 2.23. The molecule has 0 aliphatic carbocycles. The molecule has 1 N–H and O–H groups in total. The van der Waals surface area contributed by atoms with E-state index in [0.717, 1.165) is 16.9 Å². The maximum Gasteiger partial charge on any atom is 0.242 e. The van der Waals surface area contributed by atoms with Crippen LogP contribution in [0.25, 0.3) is 0 Å². The third-order valence-electron chi connectivity index (χ3n) is 4.55. The van der Waals surface area contributed by atoms with Crippen molar-refractivity contribution in [2.75, 3.05) is 19.9 Å². The number of ether oxygens (including phenoxy) is 1. The van der Waals surface area contributed by atoms with Gasteiger partial charge in [0.15, 0.2) is 0 Å². The van der Waals surface area contributed by atoms with Gasteiger partial charge in [-0.2, -0.15) is 0 Å². The van der Waals surface area contributed by atoms with Gasteiger partial charge in [-0.25, -0.2) is 4.39 Å². The number of rotatable bonds is 10. The van der Waals surface area contributed by atoms with E-state index in [1.807, 2.05) is 31.2 Å². The fourth-order valence-corrected chi connectivity index (χ4v) is 3.80. The number of nitrogens with zero attached hydrogens (tertiary/aromatic N) is 1. The molecule has 1 atom stereocenters. The fraction of sp³-hybridized carbons (Fsp3) is 0.364. The zero-order chi connectivity index (χ0) is 21.2. The SMILES string of the molecule is CCC(C(=O)NC)N(Cc1ccc(OC)cc1)C(=O)CSCc1ccc(F)cc1. The van der Waals surface area contributed by atoms with Crippen LogP contribution in [-0.2, 0) is 21.9 Å². The Morgan fingerprint density at radius 3 is 2.28 bits per heavy atom. The van der Waals surface area contributed by atoms with Crippen molar-refractivity contribution in [2.24, 2.45) is 0 Å². The van der Waals surface area contributed by atoms with Crippen molar-refractivity contribution in [3.8, 4) is 5.75 Å². The van der Waals surface area contributed by atoms with Crippen LogP contribution in [0, 0.1) is 5.82 Å². The molecule has 0 radical (unpaired) electrons. The lowest BCUT2D eigenvalue weighted by Gasteiger charge is -2.30. The third kappa shape index (κ3) is 6.78. The van der Waals surface area contributed by atoms with Crippen LogP contribution in [0.4, 0.5) is 4.39 Å². The molecule has 156 valence electrons. The highest BCUT2D eigenvalue weighted by Crippen LogP contribution is 2.19. The molecule has 5 nitrogen and oxygen atoms in total. The van der Waals surface area contributed by atoms with Crippen molar-refractivity contribution in [1.29, 1.82) is 0 Å². The van der Waals surface area contributed by atoms with E-state index in [4.69, 9.17) is 4.74 Å². The number of methoxy groups -OCH3 is 1. The standard InChI is InChI=1S/C22H27FN2O3S/c1-4-20(22(27)24-2)25(13-16-7-11-19(28-3)12-8-16)21(26)15-29-14-17-5-9-18(23)10-6-17/h5-12,20H,4,13-15H2,1-3H3,(H,24,27). The number of halogens is 1. The predicted molar refractivity (Wildman–Crippen MR) is 114 cm³/mol. The molecular weight excluding hydrogens is 391 g/mol. The van der Waals surface area contributed by atoms with Gasteiger partial charge in [0.25, 0.3) is 0 Å². The minimum Gasteiger partial charge on any atom is -0.497 e. The molecule has 7 heteroatoms. The van der Waals surface area contributed by atoms with Crippen LogP contribution in [0.5, 0.6) is 5.75 Å². The van der Waals surface area contributed by atoms with Crippen LogP contribution < -0.4 is 10.1 Å². The second-order valence-electron chi connectivity index (χ2n) is 6.53. The molecule has 0 fully saturated rings. The molecule has 0 saturated heterocycles. The molecule has 1 unspecified atom stereocenters. The van der Waals surface area contributed by atoms with E-state index in [1.165, 1.54) is 23.9 Å². The molecule has 2 amide bonds. The predicted octanol–water partition coefficient (Wildman–Crippen LogP) is 3.62. The fourth-order valence-electron chi connectivity index (χ4n) is 2.93. The summed E-state index contributed by atoms with van der Waals surface area (Å²) >= 11 is 1.45. The van der Waals surface area contributed by atoms with Crippen molar-refractivity contribution in [2.45, 2.75) is 31.7 Å². The lowest BCUT2D eigenvalue weighted by atomic mass is 10.1. The topological polar surface area (TPSA) is 58.6 Å². The molecule has 2 aromatic rings. The lowest BCUT2D eigenvalue weighted by molar-refractivity contribution is -0.139. The summed E-state index contributed by atoms with van der Waals surface area (Å²) in [4.78, 5) is 26.9. The Hall–Kier alpha value is -2.54. The Morgan fingerprint density at radius 2 is 1.72 bits per heavy atom. The highest BCUT2D eigenvalue weighted by atomic mass is 32.2. The molecular formula is C22H27FN2O3S. The second-order valence-corrected chi connectivity index (χ2v) is 7.51. The number of benzene rings is 2. The summed E-state index contributed by atoms with van der Waals surface area (Å²) in [6, 6.07) is 13.1. The molecule has 0 bridgehead atoms. The number of thioether (sulfide) groups is 1. The number of likely N-dealkylation sites (N-methyl/N-ethyl adjacent to an activating group) is 1. The average molecular weight is 419 g/mol. The van der Waals surface area contributed by atoms with Crippen molar-refractivity contribution in [1.82, 2.24) is 10.2 Å². The van der Waals surface area contributed by atoms with Crippen molar-refractivity contribution in [3.63, 3.8) is 0 Å². The van der Waals surface area contributed by atoms with Crippen molar-refractivity contribution >= 4 is 23.6 Å². The van der Waals surface area contributed by atoms with Gasteiger partial charge in [-0.3, -0.25) is 9.59 Å². The van der Waals surface area contributed by atoms with Crippen LogP contribution in [0.3, 0.4) is 0 Å². The maximum atomic E-state index is 13.0. The molecule has 29 heavy (non-hydrogen) atoms. The van der Waals surface area contributed by atoms with Gasteiger partial charge in [-0.1, -0.05) is 31.2 Å². The van der Waals surface area contributed by atoms with Crippen molar-refractivity contribution < 1.29 is 18.7 Å². The van der Waals surface area contributed by atoms with Gasteiger partial charge in [-0.05, 0) is 41.8 Å². The summed E-state index contributed by atoms with van der Waals surface area (Å²) in [5.74, 6) is 0.998. The van der Waals surface area contributed by atoms with Gasteiger partial charge < -0.3 is 15.0 Å². The quantitative estimate of drug-likeness (QED) is 0.640. The second kappa shape index (κ2) is 11.5. The van der Waals surface area contributed by atoms with Crippen LogP contribution >= 0.6 is 11.8 Å². The average Bonchev–Trinajstić information content (AvgIpc) is 2.75. The molecule has 2 aromatic carbocycles. The Labute approximate surface area is 175 Å². The zero-order valence-electron chi connectivity index (χ0n) is 17.0. The van der Waals surface area contributed by atoms with E-state index < -0.39 is 6.04 Å². The van der Waals surface area contributed by atoms with Gasteiger partial charge in [0, 0.05) is 19.3 Å². The van der Waals surface area contributed by atoms with Crippen LogP contribution in [-0.4, -0.2) is 42.7 Å². The van der Waals surface area contributed by atoms with E-state index in [1.54, 1.807) is 31.2 Å². The highest BCUT2D eigenvalue weighted by molar-refractivity contribution is 7.99. The van der Waals surface area contributed by atoms with Gasteiger partial charge in [-0.15, -0.1) is 11.8 Å². The molecule has 2 rings (SSSR count). The summed E-state index contributed by atoms with van der Waals surface area (Å²) in [5.41, 5.74) is 1.87. The minimum absolute atomic E-state index is 0.108. The van der Waals surface area contributed by atoms with Gasteiger partial charge >= 0.3 is 0 Å². The van der Waals surface area contributed by atoms with Crippen LogP contribution in [0.2, 0.25) is 0 Å². The number of amides is 2. The molecule has 0 aliphatic heterocycles. The van der Waals surface area contributed by atoms with Crippen molar-refractivity contribution in [3.05, 3.63) is 65.5 Å². The zero-order valence-corrected chi connectivity index (χ0v) is 17.8. The monoisotopic (exact) mass is 418 g/mol. The number of nitrogens with one attached hydrogen (secondary N) is 1. The first-order valence-electron chi connectivity index (χ1n) is 9.44. The molecule has 0 spiro atoms. The van der Waals surface area contributed by atoms with E-state index in [-0.39, 0.29) is 23.4 Å². The number of hydrogen-bond donors (Lipinski definition) is 1. The first-order valence-corrected chi connectivity index (χ1v) is 10.6. The number of hydrogen-bond acceptors (Lipinski definition) is 4. The first-order chi connectivity index (χ1) is 14.0. The third-order valence-corrected chi connectivity index (χ3v) is 5.54. The largest absolute Gasteiger partial charge is 0.497 e. The van der Waals surface area contributed by atoms with E-state index in [9.17, 15) is 14.0 Å². The Balaban J connectivity index is 2.08. The number of carbonyl (C=O) groups is 2. The van der Waals surface area contributed by atoms with E-state index in [2.05, 4.69) is 5.32 Å². The van der Waals surface area contributed by atoms with Gasteiger partial charge in [0.2, 0.25) is 11.8 Å². The normalized spacial score (nSPS) is 11.6. The maximum absolute atomic E-state index is 13.0. The highest BCUT2D eigenvalue weighted by Gasteiger charge is 2.27. The molecule has 0 aromatic heterocycles. The van der Waals surface area contributed by atoms with Gasteiger partial charge in [0.1, 0.15) is 17.6 Å². The smallest absolute Gasteiger partial charge is 0.242 e. The van der Waals surface area contributed by atoms with Crippen LogP contribution in [0.1, 0.15) is 24.5 Å². The van der Waals surface area contributed by atoms with Crippen LogP contribution in [0.15, 0.2) is 48.5 Å². The molecule has 0 heterocycles. The number of carbonyl (C=O) groups excluding carboxylic acids is 2. The Bertz CT molecular complexity index is 797. The minimum atomic E-state index is -0.541. The Morgan fingerprint density at radius 1 is 1.10 bits per heavy atom. The van der Waals surface area contributed by atoms with E-state index >= 15 is 0 Å². The summed E-state index contributed by atoms with van der Waals surface area (Å²) in [5, 5.41) is 2.65. The Kier molecular flexibility index (Phi) is 8.99. The van der Waals surface area contributed by atoms with Gasteiger partial charge in [0.05, 0.1) is 12.9 Å². The first kappa shape index (κ1) is 22.7. The molecule has 0 saturated carbocycles. The lowest BCUT2D eigenvalue weighted by Crippen LogP contribution is -2.48. The summed E-state index contributed by atoms with van der Waals surface area (Å²) in [6.07, 6.45) is 0.518. The summed E-state index contributed by atoms with van der Waals surface area (Å²) in [7, 11) is 3.17. The van der Waals surface area contributed by atoms with E-state index in [0.29, 0.717) is 18.7 Å².